The van der Waals surface area contributed by atoms with Crippen molar-refractivity contribution in [2.24, 2.45) is 0 Å². The number of nitrogens with one attached hydrogen (secondary N) is 1. The first kappa shape index (κ1) is 15.7. The molecule has 2 heterocycles. The van der Waals surface area contributed by atoms with Gasteiger partial charge in [0, 0.05) is 30.1 Å². The number of aromatic nitrogens is 1. The molecule has 1 saturated carbocycles. The number of furan rings is 1. The molecule has 120 valence electrons. The van der Waals surface area contributed by atoms with Crippen molar-refractivity contribution in [2.45, 2.75) is 57.6 Å². The maximum atomic E-state index is 10.5. The summed E-state index contributed by atoms with van der Waals surface area (Å²) in [6.45, 7) is 4.85. The Labute approximate surface area is 135 Å². The molecule has 5 heteroatoms. The second kappa shape index (κ2) is 6.52. The van der Waals surface area contributed by atoms with Crippen LogP contribution in [0.2, 0.25) is 0 Å². The van der Waals surface area contributed by atoms with Crippen LogP contribution < -0.4 is 5.32 Å². The molecule has 0 aliphatic heterocycles. The fourth-order valence-electron chi connectivity index (χ4n) is 3.01. The summed E-state index contributed by atoms with van der Waals surface area (Å²) in [5.74, 6) is 2.10. The summed E-state index contributed by atoms with van der Waals surface area (Å²) in [6, 6.07) is 3.71. The second-order valence-corrected chi connectivity index (χ2v) is 7.58. The van der Waals surface area contributed by atoms with Crippen LogP contribution in [-0.4, -0.2) is 16.6 Å². The van der Waals surface area contributed by atoms with E-state index in [0.29, 0.717) is 18.2 Å². The SMILES string of the molecule is Cc1ccc(C(C)(O)CNCc2cnc(C3CCCC3)s2)o1. The van der Waals surface area contributed by atoms with Crippen molar-refractivity contribution in [3.05, 3.63) is 39.7 Å². The van der Waals surface area contributed by atoms with Crippen LogP contribution in [0, 0.1) is 6.92 Å². The molecule has 2 aromatic heterocycles. The quantitative estimate of drug-likeness (QED) is 0.852. The van der Waals surface area contributed by atoms with Gasteiger partial charge in [-0.2, -0.15) is 0 Å². The third kappa shape index (κ3) is 3.59. The maximum absolute atomic E-state index is 10.5. The molecule has 4 nitrogen and oxygen atoms in total. The van der Waals surface area contributed by atoms with E-state index in [-0.39, 0.29) is 0 Å². The van der Waals surface area contributed by atoms with Crippen LogP contribution in [0.3, 0.4) is 0 Å². The molecule has 1 atom stereocenters. The normalized spacial score (nSPS) is 18.7. The van der Waals surface area contributed by atoms with Crippen molar-refractivity contribution in [1.82, 2.24) is 10.3 Å². The van der Waals surface area contributed by atoms with Crippen LogP contribution in [0.25, 0.3) is 0 Å². The zero-order valence-corrected chi connectivity index (χ0v) is 14.1. The first-order valence-electron chi connectivity index (χ1n) is 7.99. The highest BCUT2D eigenvalue weighted by atomic mass is 32.1. The molecule has 0 aromatic carbocycles. The van der Waals surface area contributed by atoms with Crippen molar-refractivity contribution in [3.63, 3.8) is 0 Å². The fourth-order valence-corrected chi connectivity index (χ4v) is 4.06. The molecule has 0 spiro atoms. The molecule has 22 heavy (non-hydrogen) atoms. The topological polar surface area (TPSA) is 58.3 Å². The minimum absolute atomic E-state index is 0.455. The van der Waals surface area contributed by atoms with Crippen LogP contribution in [0.4, 0.5) is 0 Å². The monoisotopic (exact) mass is 320 g/mol. The minimum atomic E-state index is -0.993. The predicted molar refractivity (Wildman–Crippen MR) is 88.0 cm³/mol. The van der Waals surface area contributed by atoms with Gasteiger partial charge in [0.15, 0.2) is 0 Å². The predicted octanol–water partition coefficient (Wildman–Crippen LogP) is 3.70. The highest BCUT2D eigenvalue weighted by molar-refractivity contribution is 7.11. The zero-order chi connectivity index (χ0) is 15.6. The third-order valence-electron chi connectivity index (χ3n) is 4.32. The van der Waals surface area contributed by atoms with Crippen LogP contribution in [0.5, 0.6) is 0 Å². The number of hydrogen-bond donors (Lipinski definition) is 2. The highest BCUT2D eigenvalue weighted by Gasteiger charge is 2.26. The Hall–Kier alpha value is -1.17. The number of aliphatic hydroxyl groups is 1. The van der Waals surface area contributed by atoms with E-state index in [1.807, 2.05) is 25.3 Å². The van der Waals surface area contributed by atoms with Crippen molar-refractivity contribution in [2.75, 3.05) is 6.54 Å². The summed E-state index contributed by atoms with van der Waals surface area (Å²) >= 11 is 1.80. The Kier molecular flexibility index (Phi) is 4.66. The van der Waals surface area contributed by atoms with Crippen LogP contribution in [-0.2, 0) is 12.1 Å². The summed E-state index contributed by atoms with van der Waals surface area (Å²) in [5.41, 5.74) is -0.993. The standard InChI is InChI=1S/C17H24N2O2S/c1-12-7-8-15(21-12)17(2,20)11-18-9-14-10-19-16(22-14)13-5-3-4-6-13/h7-8,10,13,18,20H,3-6,9,11H2,1-2H3. The molecule has 1 aliphatic carbocycles. The first-order valence-corrected chi connectivity index (χ1v) is 8.81. The average molecular weight is 320 g/mol. The largest absolute Gasteiger partial charge is 0.463 e. The molecule has 2 N–H and O–H groups in total. The number of hydrogen-bond acceptors (Lipinski definition) is 5. The zero-order valence-electron chi connectivity index (χ0n) is 13.3. The molecule has 0 amide bonds. The third-order valence-corrected chi connectivity index (χ3v) is 5.48. The number of thiazole rings is 1. The van der Waals surface area contributed by atoms with Crippen molar-refractivity contribution in [1.29, 1.82) is 0 Å². The van der Waals surface area contributed by atoms with E-state index < -0.39 is 5.60 Å². The summed E-state index contributed by atoms with van der Waals surface area (Å²) in [5, 5.41) is 15.1. The molecular weight excluding hydrogens is 296 g/mol. The van der Waals surface area contributed by atoms with Crippen LogP contribution >= 0.6 is 11.3 Å². The van der Waals surface area contributed by atoms with E-state index in [2.05, 4.69) is 10.3 Å². The van der Waals surface area contributed by atoms with Crippen molar-refractivity contribution < 1.29 is 9.52 Å². The van der Waals surface area contributed by atoms with E-state index in [0.717, 1.165) is 12.3 Å². The molecular formula is C17H24N2O2S. The molecule has 3 rings (SSSR count). The Bertz CT molecular complexity index is 612. The average Bonchev–Trinajstić information content (AvgIpc) is 3.18. The molecule has 1 unspecified atom stereocenters. The lowest BCUT2D eigenvalue weighted by molar-refractivity contribution is 0.0333. The second-order valence-electron chi connectivity index (χ2n) is 6.43. The van der Waals surface area contributed by atoms with E-state index in [4.69, 9.17) is 4.42 Å². The Morgan fingerprint density at radius 2 is 2.18 bits per heavy atom. The lowest BCUT2D eigenvalue weighted by Gasteiger charge is -2.21. The highest BCUT2D eigenvalue weighted by Crippen LogP contribution is 2.36. The molecule has 1 aliphatic rings. The van der Waals surface area contributed by atoms with Gasteiger partial charge < -0.3 is 14.8 Å². The van der Waals surface area contributed by atoms with Crippen LogP contribution in [0.15, 0.2) is 22.7 Å². The molecule has 0 radical (unpaired) electrons. The molecule has 1 fully saturated rings. The smallest absolute Gasteiger partial charge is 0.136 e. The van der Waals surface area contributed by atoms with Gasteiger partial charge in [-0.05, 0) is 38.8 Å². The van der Waals surface area contributed by atoms with Gasteiger partial charge in [-0.15, -0.1) is 11.3 Å². The van der Waals surface area contributed by atoms with Gasteiger partial charge in [0.05, 0.1) is 5.01 Å². The number of aryl methyl sites for hydroxylation is 1. The lowest BCUT2D eigenvalue weighted by Crippen LogP contribution is -2.34. The molecule has 0 bridgehead atoms. The van der Waals surface area contributed by atoms with E-state index >= 15 is 0 Å². The Morgan fingerprint density at radius 3 is 2.86 bits per heavy atom. The van der Waals surface area contributed by atoms with Gasteiger partial charge in [0.1, 0.15) is 17.1 Å². The molecule has 0 saturated heterocycles. The van der Waals surface area contributed by atoms with E-state index in [1.165, 1.54) is 35.6 Å². The summed E-state index contributed by atoms with van der Waals surface area (Å²) in [4.78, 5) is 5.80. The fraction of sp³-hybridized carbons (Fsp3) is 0.588. The van der Waals surface area contributed by atoms with Crippen molar-refractivity contribution in [3.8, 4) is 0 Å². The van der Waals surface area contributed by atoms with E-state index in [9.17, 15) is 5.11 Å². The summed E-state index contributed by atoms with van der Waals surface area (Å²) in [6.07, 6.45) is 7.21. The minimum Gasteiger partial charge on any atom is -0.463 e. The van der Waals surface area contributed by atoms with E-state index in [1.54, 1.807) is 18.3 Å². The van der Waals surface area contributed by atoms with Crippen molar-refractivity contribution >= 4 is 11.3 Å². The lowest BCUT2D eigenvalue weighted by atomic mass is 10.0. The summed E-state index contributed by atoms with van der Waals surface area (Å²) in [7, 11) is 0. The Balaban J connectivity index is 1.52. The van der Waals surface area contributed by atoms with Gasteiger partial charge in [-0.1, -0.05) is 12.8 Å². The van der Waals surface area contributed by atoms with Gasteiger partial charge in [0.25, 0.3) is 0 Å². The molecule has 2 aromatic rings. The first-order chi connectivity index (χ1) is 10.5. The van der Waals surface area contributed by atoms with Gasteiger partial charge in [0.2, 0.25) is 0 Å². The number of rotatable bonds is 6. The Morgan fingerprint density at radius 1 is 1.41 bits per heavy atom. The maximum Gasteiger partial charge on any atom is 0.136 e. The van der Waals surface area contributed by atoms with Gasteiger partial charge in [-0.25, -0.2) is 4.98 Å². The number of nitrogens with zero attached hydrogens (tertiary/aromatic N) is 1. The summed E-state index contributed by atoms with van der Waals surface area (Å²) < 4.78 is 5.52. The van der Waals surface area contributed by atoms with Gasteiger partial charge in [-0.3, -0.25) is 0 Å². The van der Waals surface area contributed by atoms with Crippen LogP contribution in [0.1, 0.15) is 59.9 Å². The van der Waals surface area contributed by atoms with Gasteiger partial charge >= 0.3 is 0 Å².